The van der Waals surface area contributed by atoms with Crippen LogP contribution in [0.5, 0.6) is 0 Å². The molecule has 5 nitrogen and oxygen atoms in total. The molecule has 3 aromatic carbocycles. The number of aromatic nitrogens is 2. The number of nitrogens with two attached hydrogens (primary N) is 1. The quantitative estimate of drug-likeness (QED) is 0.465. The fourth-order valence-corrected chi connectivity index (χ4v) is 3.49. The van der Waals surface area contributed by atoms with E-state index in [4.69, 9.17) is 5.73 Å². The molecule has 4 rings (SSSR count). The Morgan fingerprint density at radius 1 is 1.04 bits per heavy atom. The molecule has 0 aliphatic rings. The second kappa shape index (κ2) is 7.40. The molecule has 0 aliphatic heterocycles. The zero-order chi connectivity index (χ0) is 19.7. The molecule has 6 heteroatoms. The maximum Gasteiger partial charge on any atom is 0.255 e. The molecule has 0 unspecified atom stereocenters. The summed E-state index contributed by atoms with van der Waals surface area (Å²) in [5, 5.41) is 3.72. The van der Waals surface area contributed by atoms with E-state index in [1.54, 1.807) is 0 Å². The monoisotopic (exact) mass is 432 g/mol. The summed E-state index contributed by atoms with van der Waals surface area (Å²) >= 11 is 3.41. The molecule has 0 spiro atoms. The standard InChI is InChI=1S/C22H17BrN4O/c1-13-5-6-15(22(28)27-17-4-2-3-16(23)11-17)10-18(13)14-7-8-20-19(9-14)21(24)26-12-25-20/h2-12H,1H3,(H,27,28)(H2,24,25,26). The van der Waals surface area contributed by atoms with Crippen molar-refractivity contribution in [2.45, 2.75) is 6.92 Å². The molecule has 0 saturated carbocycles. The first-order chi connectivity index (χ1) is 13.5. The van der Waals surface area contributed by atoms with E-state index in [9.17, 15) is 4.79 Å². The Labute approximate surface area is 170 Å². The van der Waals surface area contributed by atoms with Gasteiger partial charge in [0.2, 0.25) is 0 Å². The number of aryl methyl sites for hydroxylation is 1. The van der Waals surface area contributed by atoms with Gasteiger partial charge in [-0.2, -0.15) is 0 Å². The van der Waals surface area contributed by atoms with E-state index in [0.29, 0.717) is 11.4 Å². The molecule has 1 aromatic heterocycles. The lowest BCUT2D eigenvalue weighted by Crippen LogP contribution is -2.12. The lowest BCUT2D eigenvalue weighted by molar-refractivity contribution is 0.102. The molecule has 1 amide bonds. The average molecular weight is 433 g/mol. The molecular weight excluding hydrogens is 416 g/mol. The van der Waals surface area contributed by atoms with Gasteiger partial charge in [0, 0.05) is 21.1 Å². The number of nitrogen functional groups attached to an aromatic ring is 1. The third kappa shape index (κ3) is 3.59. The van der Waals surface area contributed by atoms with Crippen molar-refractivity contribution in [3.8, 4) is 11.1 Å². The number of benzene rings is 3. The van der Waals surface area contributed by atoms with Gasteiger partial charge in [0.1, 0.15) is 12.1 Å². The van der Waals surface area contributed by atoms with E-state index >= 15 is 0 Å². The van der Waals surface area contributed by atoms with Crippen LogP contribution in [0, 0.1) is 6.92 Å². The second-order valence-electron chi connectivity index (χ2n) is 6.49. The SMILES string of the molecule is Cc1ccc(C(=O)Nc2cccc(Br)c2)cc1-c1ccc2ncnc(N)c2c1. The number of fused-ring (bicyclic) bond motifs is 1. The van der Waals surface area contributed by atoms with Crippen LogP contribution in [0.25, 0.3) is 22.0 Å². The van der Waals surface area contributed by atoms with Gasteiger partial charge in [-0.1, -0.05) is 34.1 Å². The number of anilines is 2. The molecule has 28 heavy (non-hydrogen) atoms. The predicted molar refractivity (Wildman–Crippen MR) is 116 cm³/mol. The highest BCUT2D eigenvalue weighted by molar-refractivity contribution is 9.10. The number of rotatable bonds is 3. The molecule has 4 aromatic rings. The summed E-state index contributed by atoms with van der Waals surface area (Å²) in [6, 6.07) is 19.0. The van der Waals surface area contributed by atoms with Crippen LogP contribution >= 0.6 is 15.9 Å². The number of halogens is 1. The average Bonchev–Trinajstić information content (AvgIpc) is 2.68. The van der Waals surface area contributed by atoms with Gasteiger partial charge < -0.3 is 11.1 Å². The summed E-state index contributed by atoms with van der Waals surface area (Å²) in [6.45, 7) is 2.01. The van der Waals surface area contributed by atoms with E-state index in [-0.39, 0.29) is 5.91 Å². The zero-order valence-corrected chi connectivity index (χ0v) is 16.7. The molecule has 0 atom stereocenters. The summed E-state index contributed by atoms with van der Waals surface area (Å²) in [5.74, 6) is 0.274. The smallest absolute Gasteiger partial charge is 0.255 e. The zero-order valence-electron chi connectivity index (χ0n) is 15.1. The topological polar surface area (TPSA) is 80.9 Å². The molecule has 138 valence electrons. The lowest BCUT2D eigenvalue weighted by atomic mass is 9.96. The summed E-state index contributed by atoms with van der Waals surface area (Å²) < 4.78 is 0.908. The van der Waals surface area contributed by atoms with Gasteiger partial charge in [-0.15, -0.1) is 0 Å². The summed E-state index contributed by atoms with van der Waals surface area (Å²) in [4.78, 5) is 21.0. The molecular formula is C22H17BrN4O. The molecule has 0 fully saturated rings. The number of carbonyl (C=O) groups is 1. The third-order valence-electron chi connectivity index (χ3n) is 4.56. The van der Waals surface area contributed by atoms with E-state index in [2.05, 4.69) is 31.2 Å². The summed E-state index contributed by atoms with van der Waals surface area (Å²) in [5.41, 5.74) is 11.1. The Balaban J connectivity index is 1.71. The predicted octanol–water partition coefficient (Wildman–Crippen LogP) is 5.20. The number of amides is 1. The Morgan fingerprint density at radius 2 is 1.89 bits per heavy atom. The van der Waals surface area contributed by atoms with Crippen LogP contribution in [0.15, 0.2) is 71.5 Å². The Hall–Kier alpha value is -3.25. The van der Waals surface area contributed by atoms with Crippen molar-refractivity contribution >= 4 is 44.2 Å². The first-order valence-electron chi connectivity index (χ1n) is 8.69. The summed E-state index contributed by atoms with van der Waals surface area (Å²) in [7, 11) is 0. The van der Waals surface area contributed by atoms with Crippen LogP contribution in [0.4, 0.5) is 11.5 Å². The molecule has 1 heterocycles. The van der Waals surface area contributed by atoms with Gasteiger partial charge >= 0.3 is 0 Å². The number of nitrogens with one attached hydrogen (secondary N) is 1. The van der Waals surface area contributed by atoms with Gasteiger partial charge in [-0.3, -0.25) is 4.79 Å². The van der Waals surface area contributed by atoms with Crippen molar-refractivity contribution in [2.24, 2.45) is 0 Å². The summed E-state index contributed by atoms with van der Waals surface area (Å²) in [6.07, 6.45) is 1.45. The minimum atomic E-state index is -0.164. The Kier molecular flexibility index (Phi) is 4.79. The second-order valence-corrected chi connectivity index (χ2v) is 7.40. The van der Waals surface area contributed by atoms with E-state index in [1.807, 2.05) is 67.6 Å². The largest absolute Gasteiger partial charge is 0.383 e. The Morgan fingerprint density at radius 3 is 2.71 bits per heavy atom. The van der Waals surface area contributed by atoms with Gasteiger partial charge in [0.25, 0.3) is 5.91 Å². The van der Waals surface area contributed by atoms with Crippen LogP contribution in [-0.4, -0.2) is 15.9 Å². The minimum Gasteiger partial charge on any atom is -0.383 e. The molecule has 3 N–H and O–H groups in total. The molecule has 0 aliphatic carbocycles. The fraction of sp³-hybridized carbons (Fsp3) is 0.0455. The fourth-order valence-electron chi connectivity index (χ4n) is 3.09. The van der Waals surface area contributed by atoms with Gasteiger partial charge in [-0.05, 0) is 66.1 Å². The van der Waals surface area contributed by atoms with Crippen LogP contribution in [0.3, 0.4) is 0 Å². The van der Waals surface area contributed by atoms with E-state index < -0.39 is 0 Å². The van der Waals surface area contributed by atoms with Crippen molar-refractivity contribution in [3.05, 3.63) is 82.6 Å². The number of hydrogen-bond acceptors (Lipinski definition) is 4. The number of carbonyl (C=O) groups excluding carboxylic acids is 1. The minimum absolute atomic E-state index is 0.164. The van der Waals surface area contributed by atoms with Gasteiger partial charge in [-0.25, -0.2) is 9.97 Å². The highest BCUT2D eigenvalue weighted by Crippen LogP contribution is 2.29. The van der Waals surface area contributed by atoms with Crippen molar-refractivity contribution in [3.63, 3.8) is 0 Å². The highest BCUT2D eigenvalue weighted by atomic mass is 79.9. The van der Waals surface area contributed by atoms with Crippen LogP contribution in [-0.2, 0) is 0 Å². The van der Waals surface area contributed by atoms with Crippen molar-refractivity contribution in [2.75, 3.05) is 11.1 Å². The van der Waals surface area contributed by atoms with Crippen molar-refractivity contribution in [1.82, 2.24) is 9.97 Å². The molecule has 0 radical (unpaired) electrons. The molecule has 0 saturated heterocycles. The Bertz CT molecular complexity index is 1210. The molecule has 0 bridgehead atoms. The van der Waals surface area contributed by atoms with E-state index in [1.165, 1.54) is 6.33 Å². The third-order valence-corrected chi connectivity index (χ3v) is 5.05. The first-order valence-corrected chi connectivity index (χ1v) is 9.49. The van der Waals surface area contributed by atoms with Crippen molar-refractivity contribution < 1.29 is 4.79 Å². The first kappa shape index (κ1) is 18.1. The highest BCUT2D eigenvalue weighted by Gasteiger charge is 2.11. The van der Waals surface area contributed by atoms with Gasteiger partial charge in [0.05, 0.1) is 5.52 Å². The van der Waals surface area contributed by atoms with Crippen LogP contribution in [0.2, 0.25) is 0 Å². The number of nitrogens with zero attached hydrogens (tertiary/aromatic N) is 2. The van der Waals surface area contributed by atoms with Crippen LogP contribution < -0.4 is 11.1 Å². The van der Waals surface area contributed by atoms with Crippen LogP contribution in [0.1, 0.15) is 15.9 Å². The normalized spacial score (nSPS) is 10.8. The number of hydrogen-bond donors (Lipinski definition) is 2. The lowest BCUT2D eigenvalue weighted by Gasteiger charge is -2.11. The maximum absolute atomic E-state index is 12.7. The van der Waals surface area contributed by atoms with Gasteiger partial charge in [0.15, 0.2) is 0 Å². The van der Waals surface area contributed by atoms with E-state index in [0.717, 1.165) is 37.8 Å². The van der Waals surface area contributed by atoms with Crippen molar-refractivity contribution in [1.29, 1.82) is 0 Å². The maximum atomic E-state index is 12.7.